The monoisotopic (exact) mass is 453 g/mol. The number of carbonyl (C=O) groups excluding carboxylic acids is 2. The third-order valence-corrected chi connectivity index (χ3v) is 6.21. The summed E-state index contributed by atoms with van der Waals surface area (Å²) in [6.45, 7) is -0.258. The van der Waals surface area contributed by atoms with E-state index in [1.165, 1.54) is 7.11 Å². The summed E-state index contributed by atoms with van der Waals surface area (Å²) in [6, 6.07) is 6.42. The Morgan fingerprint density at radius 1 is 1.28 bits per heavy atom. The van der Waals surface area contributed by atoms with Gasteiger partial charge in [0.1, 0.15) is 12.4 Å². The molecular weight excluding hydrogens is 439 g/mol. The molecule has 1 aromatic rings. The number of halogens is 3. The molecule has 3 rings (SSSR count). The Balaban J connectivity index is 1.84. The molecule has 1 aromatic carbocycles. The van der Waals surface area contributed by atoms with Gasteiger partial charge >= 0.3 is 21.6 Å². The molecule has 0 spiro atoms. The molecule has 0 saturated carbocycles. The average molecular weight is 453 g/mol. The lowest BCUT2D eigenvalue weighted by Gasteiger charge is -2.43. The molecule has 29 heavy (non-hydrogen) atoms. The fraction of sp³-hybridized carbons (Fsp3) is 0.375. The first-order valence-electron chi connectivity index (χ1n) is 8.01. The Morgan fingerprint density at radius 3 is 2.48 bits per heavy atom. The second kappa shape index (κ2) is 7.78. The van der Waals surface area contributed by atoms with Crippen molar-refractivity contribution in [1.29, 1.82) is 0 Å². The SMILES string of the molecule is COc1ccc(COC(=O)C2=C(OS(=O)(=O)C(F)(F)F)CSC3CC(=O)N23)cc1. The van der Waals surface area contributed by atoms with Gasteiger partial charge < -0.3 is 13.7 Å². The summed E-state index contributed by atoms with van der Waals surface area (Å²) in [7, 11) is -4.53. The van der Waals surface area contributed by atoms with Gasteiger partial charge in [0.25, 0.3) is 0 Å². The summed E-state index contributed by atoms with van der Waals surface area (Å²) in [5, 5.41) is -0.494. The number of hydrogen-bond acceptors (Lipinski definition) is 8. The third kappa shape index (κ3) is 4.29. The molecule has 13 heteroatoms. The zero-order valence-corrected chi connectivity index (χ0v) is 16.4. The molecule has 1 amide bonds. The first-order chi connectivity index (χ1) is 13.5. The first kappa shape index (κ1) is 21.3. The molecule has 0 N–H and O–H groups in total. The summed E-state index contributed by atoms with van der Waals surface area (Å²) in [5.74, 6) is -2.28. The van der Waals surface area contributed by atoms with E-state index in [4.69, 9.17) is 9.47 Å². The Morgan fingerprint density at radius 2 is 1.93 bits per heavy atom. The Hall–Kier alpha value is -2.41. The van der Waals surface area contributed by atoms with Crippen LogP contribution in [-0.4, -0.2) is 48.9 Å². The molecule has 2 aliphatic heterocycles. The van der Waals surface area contributed by atoms with Crippen LogP contribution in [0.2, 0.25) is 0 Å². The highest BCUT2D eigenvalue weighted by molar-refractivity contribution is 8.00. The number of carbonyl (C=O) groups is 2. The van der Waals surface area contributed by atoms with Crippen molar-refractivity contribution < 1.29 is 44.8 Å². The number of ether oxygens (including phenoxy) is 2. The number of amides is 1. The van der Waals surface area contributed by atoms with Crippen molar-refractivity contribution in [3.05, 3.63) is 41.3 Å². The number of rotatable bonds is 6. The summed E-state index contributed by atoms with van der Waals surface area (Å²) in [4.78, 5) is 25.3. The molecular formula is C16H14F3NO7S2. The van der Waals surface area contributed by atoms with Gasteiger partial charge in [-0.05, 0) is 17.7 Å². The Kier molecular flexibility index (Phi) is 5.72. The van der Waals surface area contributed by atoms with Gasteiger partial charge in [0, 0.05) is 0 Å². The van der Waals surface area contributed by atoms with Crippen molar-refractivity contribution in [2.75, 3.05) is 12.9 Å². The van der Waals surface area contributed by atoms with E-state index in [-0.39, 0.29) is 18.8 Å². The molecule has 1 fully saturated rings. The Bertz CT molecular complexity index is 958. The fourth-order valence-electron chi connectivity index (χ4n) is 2.56. The van der Waals surface area contributed by atoms with Crippen LogP contribution in [0.1, 0.15) is 12.0 Å². The number of nitrogens with zero attached hydrogens (tertiary/aromatic N) is 1. The van der Waals surface area contributed by atoms with Crippen molar-refractivity contribution in [3.8, 4) is 5.75 Å². The van der Waals surface area contributed by atoms with E-state index in [9.17, 15) is 31.2 Å². The first-order valence-corrected chi connectivity index (χ1v) is 10.5. The van der Waals surface area contributed by atoms with Crippen LogP contribution in [0.25, 0.3) is 0 Å². The van der Waals surface area contributed by atoms with Crippen LogP contribution >= 0.6 is 11.8 Å². The molecule has 0 aromatic heterocycles. The molecule has 0 radical (unpaired) electrons. The minimum Gasteiger partial charge on any atom is -0.497 e. The predicted octanol–water partition coefficient (Wildman–Crippen LogP) is 2.12. The van der Waals surface area contributed by atoms with E-state index in [1.54, 1.807) is 24.3 Å². The number of benzene rings is 1. The molecule has 0 aliphatic carbocycles. The van der Waals surface area contributed by atoms with Gasteiger partial charge in [-0.1, -0.05) is 12.1 Å². The maximum absolute atomic E-state index is 12.7. The van der Waals surface area contributed by atoms with Crippen molar-refractivity contribution in [1.82, 2.24) is 4.90 Å². The van der Waals surface area contributed by atoms with Crippen molar-refractivity contribution in [3.63, 3.8) is 0 Å². The van der Waals surface area contributed by atoms with E-state index < -0.39 is 44.3 Å². The van der Waals surface area contributed by atoms with E-state index >= 15 is 0 Å². The molecule has 2 heterocycles. The number of thioether (sulfide) groups is 1. The van der Waals surface area contributed by atoms with Crippen LogP contribution in [-0.2, 0) is 35.2 Å². The molecule has 1 unspecified atom stereocenters. The van der Waals surface area contributed by atoms with Crippen LogP contribution in [0.5, 0.6) is 5.75 Å². The minimum atomic E-state index is -6.00. The molecule has 8 nitrogen and oxygen atoms in total. The van der Waals surface area contributed by atoms with E-state index in [0.717, 1.165) is 16.7 Å². The van der Waals surface area contributed by atoms with E-state index in [1.807, 2.05) is 0 Å². The number of hydrogen-bond donors (Lipinski definition) is 0. The topological polar surface area (TPSA) is 99.2 Å². The summed E-state index contributed by atoms with van der Waals surface area (Å²) in [5.41, 5.74) is -5.77. The zero-order chi connectivity index (χ0) is 21.4. The maximum atomic E-state index is 12.7. The van der Waals surface area contributed by atoms with Gasteiger partial charge in [-0.15, -0.1) is 11.8 Å². The lowest BCUT2D eigenvalue weighted by atomic mass is 10.1. The normalized spacial score (nSPS) is 19.4. The van der Waals surface area contributed by atoms with Gasteiger partial charge in [-0.2, -0.15) is 21.6 Å². The summed E-state index contributed by atoms with van der Waals surface area (Å²) >= 11 is 0.985. The maximum Gasteiger partial charge on any atom is 0.534 e. The van der Waals surface area contributed by atoms with Crippen LogP contribution in [0.3, 0.4) is 0 Å². The van der Waals surface area contributed by atoms with Crippen LogP contribution < -0.4 is 4.74 Å². The van der Waals surface area contributed by atoms with E-state index in [0.29, 0.717) is 11.3 Å². The lowest BCUT2D eigenvalue weighted by Crippen LogP contribution is -2.54. The smallest absolute Gasteiger partial charge is 0.497 e. The number of β-lactam (4-membered cyclic amide) rings is 1. The van der Waals surface area contributed by atoms with Crippen molar-refractivity contribution >= 4 is 33.8 Å². The van der Waals surface area contributed by atoms with Gasteiger partial charge in [0.15, 0.2) is 11.5 Å². The molecule has 0 bridgehead atoms. The van der Waals surface area contributed by atoms with Crippen molar-refractivity contribution in [2.24, 2.45) is 0 Å². The highest BCUT2D eigenvalue weighted by atomic mass is 32.2. The van der Waals surface area contributed by atoms with Gasteiger partial charge in [-0.3, -0.25) is 9.69 Å². The molecule has 2 aliphatic rings. The van der Waals surface area contributed by atoms with Gasteiger partial charge in [0.2, 0.25) is 5.91 Å². The third-order valence-electron chi connectivity index (χ3n) is 4.03. The highest BCUT2D eigenvalue weighted by Crippen LogP contribution is 2.42. The second-order valence-corrected chi connectivity index (χ2v) is 8.62. The number of esters is 1. The molecule has 158 valence electrons. The fourth-order valence-corrected chi connectivity index (χ4v) is 4.30. The van der Waals surface area contributed by atoms with Crippen molar-refractivity contribution in [2.45, 2.75) is 23.9 Å². The second-order valence-electron chi connectivity index (χ2n) is 5.91. The van der Waals surface area contributed by atoms with Gasteiger partial charge in [-0.25, -0.2) is 4.79 Å². The largest absolute Gasteiger partial charge is 0.534 e. The van der Waals surface area contributed by atoms with E-state index in [2.05, 4.69) is 4.18 Å². The van der Waals surface area contributed by atoms with Crippen LogP contribution in [0.15, 0.2) is 35.7 Å². The van der Waals surface area contributed by atoms with Gasteiger partial charge in [0.05, 0.1) is 24.7 Å². The quantitative estimate of drug-likeness (QED) is 0.280. The zero-order valence-electron chi connectivity index (χ0n) is 14.8. The number of alkyl halides is 3. The number of methoxy groups -OCH3 is 1. The van der Waals surface area contributed by atoms with Crippen LogP contribution in [0.4, 0.5) is 13.2 Å². The summed E-state index contributed by atoms with van der Waals surface area (Å²) in [6.07, 6.45) is 0.0687. The average Bonchev–Trinajstić information content (AvgIpc) is 2.65. The predicted molar refractivity (Wildman–Crippen MR) is 93.6 cm³/mol. The Labute approximate surface area is 167 Å². The minimum absolute atomic E-state index is 0.0687. The highest BCUT2D eigenvalue weighted by Gasteiger charge is 2.52. The number of fused-ring (bicyclic) bond motifs is 1. The molecule has 1 atom stereocenters. The summed E-state index contributed by atoms with van der Waals surface area (Å²) < 4.78 is 74.9. The molecule has 1 saturated heterocycles. The van der Waals surface area contributed by atoms with Crippen LogP contribution in [0, 0.1) is 0 Å². The standard InChI is InChI=1S/C16H14F3NO7S2/c1-25-10-4-2-9(3-5-10)7-26-15(22)14-11(27-29(23,24)16(17,18)19)8-28-13-6-12(21)20(13)14/h2-5,13H,6-8H2,1H3. The lowest BCUT2D eigenvalue weighted by molar-refractivity contribution is -0.150.